The molecule has 2 atom stereocenters. The van der Waals surface area contributed by atoms with Gasteiger partial charge in [-0.2, -0.15) is 0 Å². The molecule has 2 aromatic rings. The molecule has 0 saturated carbocycles. The number of ether oxygens (including phenoxy) is 2. The van der Waals surface area contributed by atoms with Crippen LogP contribution in [0.3, 0.4) is 0 Å². The van der Waals surface area contributed by atoms with Crippen molar-refractivity contribution in [3.63, 3.8) is 0 Å². The quantitative estimate of drug-likeness (QED) is 0.715. The van der Waals surface area contributed by atoms with E-state index in [-0.39, 0.29) is 13.0 Å². The fourth-order valence-electron chi connectivity index (χ4n) is 2.55. The zero-order chi connectivity index (χ0) is 20.6. The van der Waals surface area contributed by atoms with Crippen molar-refractivity contribution >= 4 is 12.1 Å². The lowest BCUT2D eigenvalue weighted by Gasteiger charge is -2.26. The molecule has 150 valence electrons. The lowest BCUT2D eigenvalue weighted by Crippen LogP contribution is -2.50. The van der Waals surface area contributed by atoms with E-state index in [1.807, 2.05) is 60.7 Å². The van der Waals surface area contributed by atoms with Crippen molar-refractivity contribution in [2.24, 2.45) is 0 Å². The zero-order valence-electron chi connectivity index (χ0n) is 16.4. The van der Waals surface area contributed by atoms with Crippen LogP contribution in [0.25, 0.3) is 0 Å². The molecule has 2 aromatic carbocycles. The van der Waals surface area contributed by atoms with Gasteiger partial charge in [-0.25, -0.2) is 9.59 Å². The maximum Gasteiger partial charge on any atom is 0.407 e. The second-order valence-electron chi connectivity index (χ2n) is 7.48. The SMILES string of the molecule is CC(C)(C)OC(=O)N[C@@H](Cc1ccccc1)[C@H](O)C(=O)OCc1ccccc1. The van der Waals surface area contributed by atoms with Gasteiger partial charge in [0, 0.05) is 0 Å². The first-order valence-electron chi connectivity index (χ1n) is 9.16. The second kappa shape index (κ2) is 9.90. The van der Waals surface area contributed by atoms with Crippen LogP contribution in [0.4, 0.5) is 4.79 Å². The van der Waals surface area contributed by atoms with E-state index in [1.165, 1.54) is 0 Å². The average molecular weight is 385 g/mol. The molecule has 0 saturated heterocycles. The number of rotatable bonds is 7. The minimum Gasteiger partial charge on any atom is -0.459 e. The van der Waals surface area contributed by atoms with Crippen LogP contribution in [0, 0.1) is 0 Å². The number of hydrogen-bond donors (Lipinski definition) is 2. The largest absolute Gasteiger partial charge is 0.459 e. The van der Waals surface area contributed by atoms with E-state index in [4.69, 9.17) is 9.47 Å². The molecule has 0 bridgehead atoms. The van der Waals surface area contributed by atoms with Gasteiger partial charge in [0.2, 0.25) is 0 Å². The summed E-state index contributed by atoms with van der Waals surface area (Å²) in [6, 6.07) is 17.5. The van der Waals surface area contributed by atoms with Gasteiger partial charge in [-0.3, -0.25) is 0 Å². The molecule has 0 heterocycles. The Kier molecular flexibility index (Phi) is 7.58. The predicted octanol–water partition coefficient (Wildman–Crippen LogP) is 3.23. The highest BCUT2D eigenvalue weighted by Gasteiger charge is 2.30. The van der Waals surface area contributed by atoms with E-state index >= 15 is 0 Å². The molecule has 6 nitrogen and oxygen atoms in total. The summed E-state index contributed by atoms with van der Waals surface area (Å²) < 4.78 is 10.5. The Morgan fingerprint density at radius 1 is 0.964 bits per heavy atom. The number of aliphatic hydroxyl groups is 1. The molecule has 0 aliphatic carbocycles. The van der Waals surface area contributed by atoms with E-state index in [0.29, 0.717) is 0 Å². The Hall–Kier alpha value is -2.86. The van der Waals surface area contributed by atoms with Crippen molar-refractivity contribution in [3.05, 3.63) is 71.8 Å². The number of hydrogen-bond acceptors (Lipinski definition) is 5. The van der Waals surface area contributed by atoms with E-state index in [1.54, 1.807) is 20.8 Å². The summed E-state index contributed by atoms with van der Waals surface area (Å²) in [5.74, 6) is -0.805. The fourth-order valence-corrected chi connectivity index (χ4v) is 2.55. The second-order valence-corrected chi connectivity index (χ2v) is 7.48. The molecule has 0 aromatic heterocycles. The standard InChI is InChI=1S/C22H27NO5/c1-22(2,3)28-21(26)23-18(14-16-10-6-4-7-11-16)19(24)20(25)27-15-17-12-8-5-9-13-17/h4-13,18-19,24H,14-15H2,1-3H3,(H,23,26)/t18-,19-/m0/s1. The Morgan fingerprint density at radius 3 is 2.04 bits per heavy atom. The van der Waals surface area contributed by atoms with Crippen molar-refractivity contribution in [1.29, 1.82) is 0 Å². The molecule has 0 spiro atoms. The van der Waals surface area contributed by atoms with Crippen LogP contribution in [-0.2, 0) is 27.3 Å². The molecule has 0 unspecified atom stereocenters. The number of nitrogens with one attached hydrogen (secondary N) is 1. The van der Waals surface area contributed by atoms with E-state index in [0.717, 1.165) is 11.1 Å². The number of esters is 1. The lowest BCUT2D eigenvalue weighted by molar-refractivity contribution is -0.156. The van der Waals surface area contributed by atoms with Crippen LogP contribution in [0.5, 0.6) is 0 Å². The highest BCUT2D eigenvalue weighted by Crippen LogP contribution is 2.12. The van der Waals surface area contributed by atoms with Crippen LogP contribution in [0.15, 0.2) is 60.7 Å². The van der Waals surface area contributed by atoms with Crippen LogP contribution < -0.4 is 5.32 Å². The molecule has 28 heavy (non-hydrogen) atoms. The molecule has 0 radical (unpaired) electrons. The molecular weight excluding hydrogens is 358 g/mol. The zero-order valence-corrected chi connectivity index (χ0v) is 16.4. The molecule has 6 heteroatoms. The molecule has 1 amide bonds. The summed E-state index contributed by atoms with van der Waals surface area (Å²) >= 11 is 0. The average Bonchev–Trinajstić information content (AvgIpc) is 2.65. The Balaban J connectivity index is 2.05. The summed E-state index contributed by atoms with van der Waals surface area (Å²) in [6.07, 6.45) is -1.98. The van der Waals surface area contributed by atoms with E-state index in [9.17, 15) is 14.7 Å². The highest BCUT2D eigenvalue weighted by molar-refractivity contribution is 5.77. The molecule has 2 N–H and O–H groups in total. The summed E-state index contributed by atoms with van der Waals surface area (Å²) in [5, 5.41) is 13.1. The Labute approximate surface area is 165 Å². The van der Waals surface area contributed by atoms with Crippen LogP contribution in [0.2, 0.25) is 0 Å². The number of carbonyl (C=O) groups excluding carboxylic acids is 2. The summed E-state index contributed by atoms with van der Waals surface area (Å²) in [5.41, 5.74) is 0.974. The number of benzene rings is 2. The monoisotopic (exact) mass is 385 g/mol. The number of aliphatic hydroxyl groups excluding tert-OH is 1. The third-order valence-corrected chi connectivity index (χ3v) is 3.85. The van der Waals surface area contributed by atoms with Gasteiger partial charge in [0.15, 0.2) is 6.10 Å². The van der Waals surface area contributed by atoms with Crippen LogP contribution in [-0.4, -0.2) is 34.9 Å². The minimum absolute atomic E-state index is 0.0429. The van der Waals surface area contributed by atoms with Gasteiger partial charge in [-0.15, -0.1) is 0 Å². The maximum atomic E-state index is 12.4. The smallest absolute Gasteiger partial charge is 0.407 e. The lowest BCUT2D eigenvalue weighted by atomic mass is 10.0. The van der Waals surface area contributed by atoms with Crippen LogP contribution in [0.1, 0.15) is 31.9 Å². The van der Waals surface area contributed by atoms with Crippen molar-refractivity contribution < 1.29 is 24.2 Å². The van der Waals surface area contributed by atoms with Gasteiger partial charge in [-0.05, 0) is 38.3 Å². The molecular formula is C22H27NO5. The predicted molar refractivity (Wildman–Crippen MR) is 106 cm³/mol. The van der Waals surface area contributed by atoms with Crippen molar-refractivity contribution in [2.45, 2.75) is 51.5 Å². The molecule has 0 aliphatic heterocycles. The van der Waals surface area contributed by atoms with Crippen LogP contribution >= 0.6 is 0 Å². The van der Waals surface area contributed by atoms with Gasteiger partial charge in [0.25, 0.3) is 0 Å². The summed E-state index contributed by atoms with van der Waals surface area (Å²) in [4.78, 5) is 24.5. The van der Waals surface area contributed by atoms with Crippen molar-refractivity contribution in [3.8, 4) is 0 Å². The maximum absolute atomic E-state index is 12.4. The molecule has 0 aliphatic rings. The third kappa shape index (κ3) is 7.40. The van der Waals surface area contributed by atoms with Gasteiger partial charge in [0.05, 0.1) is 6.04 Å². The topological polar surface area (TPSA) is 84.9 Å². The number of amides is 1. The molecule has 2 rings (SSSR count). The van der Waals surface area contributed by atoms with E-state index in [2.05, 4.69) is 5.32 Å². The first-order valence-corrected chi connectivity index (χ1v) is 9.16. The Morgan fingerprint density at radius 2 is 1.50 bits per heavy atom. The van der Waals surface area contributed by atoms with Gasteiger partial charge < -0.3 is 19.9 Å². The van der Waals surface area contributed by atoms with Gasteiger partial charge in [0.1, 0.15) is 12.2 Å². The first kappa shape index (κ1) is 21.4. The summed E-state index contributed by atoms with van der Waals surface area (Å²) in [7, 11) is 0. The van der Waals surface area contributed by atoms with E-state index < -0.39 is 29.8 Å². The fraction of sp³-hybridized carbons (Fsp3) is 0.364. The number of carbonyl (C=O) groups is 2. The van der Waals surface area contributed by atoms with Crippen molar-refractivity contribution in [1.82, 2.24) is 5.32 Å². The Bertz CT molecular complexity index is 756. The van der Waals surface area contributed by atoms with Gasteiger partial charge >= 0.3 is 12.1 Å². The highest BCUT2D eigenvalue weighted by atomic mass is 16.6. The summed E-state index contributed by atoms with van der Waals surface area (Å²) in [6.45, 7) is 5.26. The molecule has 0 fully saturated rings. The van der Waals surface area contributed by atoms with Crippen molar-refractivity contribution in [2.75, 3.05) is 0 Å². The third-order valence-electron chi connectivity index (χ3n) is 3.85. The van der Waals surface area contributed by atoms with Gasteiger partial charge in [-0.1, -0.05) is 60.7 Å². The number of alkyl carbamates (subject to hydrolysis) is 1. The minimum atomic E-state index is -1.53. The normalized spacial score (nSPS) is 13.3. The first-order chi connectivity index (χ1) is 13.2.